The van der Waals surface area contributed by atoms with E-state index >= 15 is 0 Å². The van der Waals surface area contributed by atoms with E-state index in [2.05, 4.69) is 10.5 Å². The minimum absolute atomic E-state index is 0.412. The van der Waals surface area contributed by atoms with Gasteiger partial charge in [-0.2, -0.15) is 5.10 Å². The Hall–Kier alpha value is -3.33. The van der Waals surface area contributed by atoms with Gasteiger partial charge in [-0.15, -0.1) is 0 Å². The van der Waals surface area contributed by atoms with Crippen LogP contribution in [0, 0.1) is 13.8 Å². The van der Waals surface area contributed by atoms with E-state index in [0.29, 0.717) is 15.7 Å². The summed E-state index contributed by atoms with van der Waals surface area (Å²) < 4.78 is 28.2. The molecule has 0 unspecified atom stereocenters. The summed E-state index contributed by atoms with van der Waals surface area (Å²) in [4.78, 5) is 12.7. The van der Waals surface area contributed by atoms with Crippen LogP contribution in [0.4, 0.5) is 5.69 Å². The van der Waals surface area contributed by atoms with E-state index in [0.717, 1.165) is 44.0 Å². The lowest BCUT2D eigenvalue weighted by atomic mass is 10.1. The summed E-state index contributed by atoms with van der Waals surface area (Å²) in [5.41, 5.74) is 6.25. The fraction of sp³-hybridized carbons (Fsp3) is 0.154. The van der Waals surface area contributed by atoms with E-state index in [1.807, 2.05) is 66.9 Å². The molecule has 0 spiro atoms. The van der Waals surface area contributed by atoms with Crippen LogP contribution < -0.4 is 9.73 Å². The molecule has 0 bridgehead atoms. The van der Waals surface area contributed by atoms with E-state index in [1.54, 1.807) is 18.2 Å². The summed E-state index contributed by atoms with van der Waals surface area (Å²) in [7, 11) is -3.73. The van der Waals surface area contributed by atoms with Crippen LogP contribution in [0.1, 0.15) is 17.0 Å². The number of carbonyl (C=O) groups is 1. The summed E-state index contributed by atoms with van der Waals surface area (Å²) in [5, 5.41) is 6.72. The van der Waals surface area contributed by atoms with Crippen LogP contribution in [0.2, 0.25) is 10.0 Å². The number of amides is 1. The van der Waals surface area contributed by atoms with Crippen molar-refractivity contribution in [2.45, 2.75) is 13.8 Å². The second-order valence-corrected chi connectivity index (χ2v) is 11.1. The third-order valence-electron chi connectivity index (χ3n) is 5.69. The van der Waals surface area contributed by atoms with Gasteiger partial charge in [0.25, 0.3) is 5.91 Å². The van der Waals surface area contributed by atoms with Crippen LogP contribution in [0.3, 0.4) is 0 Å². The zero-order valence-electron chi connectivity index (χ0n) is 19.9. The number of hydrazone groups is 1. The van der Waals surface area contributed by atoms with Gasteiger partial charge in [0.05, 0.1) is 18.2 Å². The number of carbonyl (C=O) groups excluding carboxylic acids is 1. The monoisotopic (exact) mass is 542 g/mol. The van der Waals surface area contributed by atoms with Crippen molar-refractivity contribution in [2.75, 3.05) is 17.1 Å². The van der Waals surface area contributed by atoms with Crippen molar-refractivity contribution in [3.63, 3.8) is 0 Å². The van der Waals surface area contributed by atoms with Gasteiger partial charge in [-0.1, -0.05) is 59.6 Å². The molecule has 0 saturated heterocycles. The number of nitrogens with zero attached hydrogens (tertiary/aromatic N) is 3. The lowest BCUT2D eigenvalue weighted by molar-refractivity contribution is -0.119. The number of benzene rings is 3. The standard InChI is InChI=1S/C26H24Cl2N4O3S/c1-17-11-20(18(2)32(17)23-13-21(27)12-22(28)14-23)15-29-30-26(33)16-31(36(3,34)35)25-10-6-8-19-7-4-5-9-24(19)25/h4-15H,16H2,1-3H3,(H,30,33)/b29-15+. The third kappa shape index (κ3) is 5.56. The van der Waals surface area contributed by atoms with Crippen LogP contribution in [0.5, 0.6) is 0 Å². The summed E-state index contributed by atoms with van der Waals surface area (Å²) >= 11 is 12.3. The average Bonchev–Trinajstić information content (AvgIpc) is 3.08. The summed E-state index contributed by atoms with van der Waals surface area (Å²) in [6, 6.07) is 19.9. The third-order valence-corrected chi connectivity index (χ3v) is 7.25. The van der Waals surface area contributed by atoms with Crippen molar-refractivity contribution in [3.05, 3.63) is 93.7 Å². The molecule has 1 amide bonds. The van der Waals surface area contributed by atoms with E-state index in [4.69, 9.17) is 23.2 Å². The normalized spacial score (nSPS) is 11.8. The first kappa shape index (κ1) is 25.8. The average molecular weight is 543 g/mol. The predicted octanol–water partition coefficient (Wildman–Crippen LogP) is 5.47. The number of hydrogen-bond acceptors (Lipinski definition) is 4. The van der Waals surface area contributed by atoms with Crippen LogP contribution >= 0.6 is 23.2 Å². The first-order valence-corrected chi connectivity index (χ1v) is 13.6. The van der Waals surface area contributed by atoms with Crippen LogP contribution in [-0.4, -0.2) is 37.9 Å². The molecule has 0 saturated carbocycles. The molecule has 0 radical (unpaired) electrons. The summed E-state index contributed by atoms with van der Waals surface area (Å²) in [6.07, 6.45) is 2.59. The smallest absolute Gasteiger partial charge is 0.260 e. The van der Waals surface area contributed by atoms with Crippen LogP contribution in [0.15, 0.2) is 71.8 Å². The molecule has 0 aliphatic carbocycles. The van der Waals surface area contributed by atoms with Crippen molar-refractivity contribution in [1.82, 2.24) is 9.99 Å². The van der Waals surface area contributed by atoms with Crippen molar-refractivity contribution < 1.29 is 13.2 Å². The molecular formula is C26H24Cl2N4O3S. The molecule has 0 aliphatic heterocycles. The minimum Gasteiger partial charge on any atom is -0.318 e. The van der Waals surface area contributed by atoms with Crippen molar-refractivity contribution in [2.24, 2.45) is 5.10 Å². The Morgan fingerprint density at radius 1 is 1.03 bits per heavy atom. The maximum absolute atomic E-state index is 12.7. The number of aryl methyl sites for hydroxylation is 1. The number of anilines is 1. The van der Waals surface area contributed by atoms with Gasteiger partial charge in [-0.25, -0.2) is 13.8 Å². The highest BCUT2D eigenvalue weighted by Crippen LogP contribution is 2.28. The van der Waals surface area contributed by atoms with Crippen molar-refractivity contribution in [1.29, 1.82) is 0 Å². The van der Waals surface area contributed by atoms with Gasteiger partial charge in [-0.05, 0) is 49.6 Å². The Balaban J connectivity index is 1.54. The first-order chi connectivity index (χ1) is 17.0. The SMILES string of the molecule is Cc1cc(/C=N/NC(=O)CN(c2cccc3ccccc23)S(C)(=O)=O)c(C)n1-c1cc(Cl)cc(Cl)c1. The number of fused-ring (bicyclic) bond motifs is 1. The van der Waals surface area contributed by atoms with E-state index in [1.165, 1.54) is 6.21 Å². The topological polar surface area (TPSA) is 83.8 Å². The lowest BCUT2D eigenvalue weighted by Crippen LogP contribution is -2.39. The van der Waals surface area contributed by atoms with Crippen LogP contribution in [0.25, 0.3) is 16.5 Å². The first-order valence-electron chi connectivity index (χ1n) is 11.0. The number of rotatable bonds is 7. The highest BCUT2D eigenvalue weighted by Gasteiger charge is 2.22. The number of halogens is 2. The molecule has 4 aromatic rings. The van der Waals surface area contributed by atoms with Gasteiger partial charge in [0.15, 0.2) is 0 Å². The highest BCUT2D eigenvalue weighted by molar-refractivity contribution is 7.92. The Morgan fingerprint density at radius 2 is 1.69 bits per heavy atom. The second-order valence-electron chi connectivity index (χ2n) is 8.35. The van der Waals surface area contributed by atoms with Gasteiger partial charge >= 0.3 is 0 Å². The number of aromatic nitrogens is 1. The molecule has 4 rings (SSSR count). The summed E-state index contributed by atoms with van der Waals surface area (Å²) in [6.45, 7) is 3.44. The number of nitrogens with one attached hydrogen (secondary N) is 1. The fourth-order valence-corrected chi connectivity index (χ4v) is 5.51. The quantitative estimate of drug-likeness (QED) is 0.248. The molecular weight excluding hydrogens is 519 g/mol. The lowest BCUT2D eigenvalue weighted by Gasteiger charge is -2.23. The van der Waals surface area contributed by atoms with Gasteiger partial charge in [0.1, 0.15) is 6.54 Å². The molecule has 1 aromatic heterocycles. The Morgan fingerprint density at radius 3 is 2.39 bits per heavy atom. The molecule has 0 fully saturated rings. The van der Waals surface area contributed by atoms with E-state index < -0.39 is 22.5 Å². The zero-order valence-corrected chi connectivity index (χ0v) is 22.2. The number of hydrogen-bond donors (Lipinski definition) is 1. The Kier molecular flexibility index (Phi) is 7.40. The molecule has 10 heteroatoms. The molecule has 3 aromatic carbocycles. The highest BCUT2D eigenvalue weighted by atomic mass is 35.5. The predicted molar refractivity (Wildman–Crippen MR) is 147 cm³/mol. The van der Waals surface area contributed by atoms with Crippen molar-refractivity contribution in [3.8, 4) is 5.69 Å². The maximum Gasteiger partial charge on any atom is 0.260 e. The number of sulfonamides is 1. The van der Waals surface area contributed by atoms with Crippen molar-refractivity contribution >= 4 is 61.8 Å². The van der Waals surface area contributed by atoms with E-state index in [9.17, 15) is 13.2 Å². The molecule has 1 heterocycles. The van der Waals surface area contributed by atoms with E-state index in [-0.39, 0.29) is 0 Å². The van der Waals surface area contributed by atoms with Gasteiger partial charge in [0, 0.05) is 38.1 Å². The molecule has 0 atom stereocenters. The summed E-state index contributed by atoms with van der Waals surface area (Å²) in [5.74, 6) is -0.569. The fourth-order valence-electron chi connectivity index (χ4n) is 4.13. The van der Waals surface area contributed by atoms with Crippen LogP contribution in [-0.2, 0) is 14.8 Å². The molecule has 186 valence electrons. The molecule has 0 aliphatic rings. The van der Waals surface area contributed by atoms with Gasteiger partial charge in [0.2, 0.25) is 10.0 Å². The van der Waals surface area contributed by atoms with Gasteiger partial charge in [-0.3, -0.25) is 9.10 Å². The Labute approximate surface area is 220 Å². The maximum atomic E-state index is 12.7. The molecule has 1 N–H and O–H groups in total. The van der Waals surface area contributed by atoms with Gasteiger partial charge < -0.3 is 4.57 Å². The second kappa shape index (κ2) is 10.3. The minimum atomic E-state index is -3.73. The largest absolute Gasteiger partial charge is 0.318 e. The molecule has 36 heavy (non-hydrogen) atoms. The molecule has 7 nitrogen and oxygen atoms in total. The Bertz CT molecular complexity index is 1570. The zero-order chi connectivity index (χ0) is 26.0.